The van der Waals surface area contributed by atoms with Crippen molar-refractivity contribution in [3.05, 3.63) is 41.5 Å². The van der Waals surface area contributed by atoms with Crippen LogP contribution in [0.5, 0.6) is 5.88 Å². The van der Waals surface area contributed by atoms with Crippen LogP contribution in [0.25, 0.3) is 0 Å². The lowest BCUT2D eigenvalue weighted by Gasteiger charge is -2.35. The molecule has 0 aliphatic carbocycles. The van der Waals surface area contributed by atoms with E-state index in [0.717, 1.165) is 6.07 Å². The molecule has 0 spiro atoms. The lowest BCUT2D eigenvalue weighted by atomic mass is 10.2. The van der Waals surface area contributed by atoms with Crippen molar-refractivity contribution in [3.8, 4) is 5.88 Å². The Hall–Kier alpha value is -2.46. The van der Waals surface area contributed by atoms with Crippen LogP contribution in [-0.2, 0) is 10.5 Å². The molecule has 0 atom stereocenters. The number of carbonyl (C=O) groups is 1. The van der Waals surface area contributed by atoms with Gasteiger partial charge in [-0.25, -0.2) is 13.8 Å². The lowest BCUT2D eigenvalue weighted by Crippen LogP contribution is -2.50. The number of anilines is 1. The molecule has 1 aliphatic heterocycles. The summed E-state index contributed by atoms with van der Waals surface area (Å²) < 4.78 is 32.5. The van der Waals surface area contributed by atoms with E-state index in [1.165, 1.54) is 31.0 Å². The Morgan fingerprint density at radius 2 is 2.00 bits per heavy atom. The number of carbonyl (C=O) groups excluding carboxylic acids is 1. The minimum atomic E-state index is -0.879. The van der Waals surface area contributed by atoms with E-state index in [0.29, 0.717) is 43.0 Å². The van der Waals surface area contributed by atoms with Crippen molar-refractivity contribution >= 4 is 23.5 Å². The average molecular weight is 409 g/mol. The fourth-order valence-corrected chi connectivity index (χ4v) is 3.66. The van der Waals surface area contributed by atoms with Gasteiger partial charge in [-0.2, -0.15) is 4.98 Å². The van der Waals surface area contributed by atoms with Gasteiger partial charge in [0.15, 0.2) is 16.8 Å². The molecule has 10 heteroatoms. The van der Waals surface area contributed by atoms with Gasteiger partial charge in [0.25, 0.3) is 0 Å². The predicted molar refractivity (Wildman–Crippen MR) is 102 cm³/mol. The quantitative estimate of drug-likeness (QED) is 0.574. The van der Waals surface area contributed by atoms with Gasteiger partial charge in [0.2, 0.25) is 11.8 Å². The van der Waals surface area contributed by atoms with Gasteiger partial charge in [-0.1, -0.05) is 23.9 Å². The number of hydrogen-bond donors (Lipinski definition) is 1. The predicted octanol–water partition coefficient (Wildman–Crippen LogP) is 1.66. The fourth-order valence-electron chi connectivity index (χ4n) is 2.84. The molecule has 1 fully saturated rings. The zero-order valence-electron chi connectivity index (χ0n) is 15.4. The number of amides is 1. The van der Waals surface area contributed by atoms with Gasteiger partial charge in [0.1, 0.15) is 5.82 Å². The smallest absolute Gasteiger partial charge is 0.236 e. The first kappa shape index (κ1) is 20.3. The molecule has 7 nitrogen and oxygen atoms in total. The Morgan fingerprint density at radius 3 is 2.68 bits per heavy atom. The highest BCUT2D eigenvalue weighted by Crippen LogP contribution is 2.27. The van der Waals surface area contributed by atoms with E-state index in [1.54, 1.807) is 11.0 Å². The Balaban J connectivity index is 1.72. The molecule has 2 heterocycles. The summed E-state index contributed by atoms with van der Waals surface area (Å²) in [5, 5.41) is 0.401. The van der Waals surface area contributed by atoms with Crippen molar-refractivity contribution in [1.29, 1.82) is 0 Å². The van der Waals surface area contributed by atoms with Gasteiger partial charge in [-0.15, -0.1) is 0 Å². The summed E-state index contributed by atoms with van der Waals surface area (Å²) in [6, 6.07) is 5.79. The summed E-state index contributed by atoms with van der Waals surface area (Å²) in [5.74, 6) is -0.585. The van der Waals surface area contributed by atoms with E-state index in [9.17, 15) is 13.6 Å². The topological polar surface area (TPSA) is 84.6 Å². The molecular formula is C18H21F2N5O2S. The normalized spacial score (nSPS) is 14.3. The van der Waals surface area contributed by atoms with E-state index >= 15 is 0 Å². The Labute approximate surface area is 165 Å². The second kappa shape index (κ2) is 9.16. The van der Waals surface area contributed by atoms with E-state index in [-0.39, 0.29) is 23.8 Å². The average Bonchev–Trinajstić information content (AvgIpc) is 2.74. The maximum Gasteiger partial charge on any atom is 0.236 e. The zero-order valence-corrected chi connectivity index (χ0v) is 16.2. The van der Waals surface area contributed by atoms with Crippen LogP contribution in [0.15, 0.2) is 29.4 Å². The largest absolute Gasteiger partial charge is 0.481 e. The molecule has 1 saturated heterocycles. The standard InChI is InChI=1S/C18H21F2N5O2S/c1-27-15-9-14(24-5-7-25(8-6-24)16(26)10-21)22-18(23-15)28-11-12-3-2-4-13(19)17(12)20/h2-4,9H,5-8,10-11,21H2,1H3. The van der Waals surface area contributed by atoms with Gasteiger partial charge in [-0.05, 0) is 6.07 Å². The van der Waals surface area contributed by atoms with Crippen molar-refractivity contribution in [3.63, 3.8) is 0 Å². The van der Waals surface area contributed by atoms with Crippen LogP contribution >= 0.6 is 11.8 Å². The molecule has 0 bridgehead atoms. The maximum absolute atomic E-state index is 13.8. The fraction of sp³-hybridized carbons (Fsp3) is 0.389. The number of nitrogens with zero attached hydrogens (tertiary/aromatic N) is 4. The minimum Gasteiger partial charge on any atom is -0.481 e. The molecule has 1 aromatic carbocycles. The van der Waals surface area contributed by atoms with Crippen molar-refractivity contribution in [2.75, 3.05) is 44.7 Å². The summed E-state index contributed by atoms with van der Waals surface area (Å²) in [6.07, 6.45) is 0. The van der Waals surface area contributed by atoms with Crippen LogP contribution in [0, 0.1) is 11.6 Å². The number of aromatic nitrogens is 2. The molecule has 3 rings (SSSR count). The number of methoxy groups -OCH3 is 1. The first-order chi connectivity index (χ1) is 13.5. The summed E-state index contributed by atoms with van der Waals surface area (Å²) >= 11 is 1.20. The second-order valence-corrected chi connectivity index (χ2v) is 7.07. The lowest BCUT2D eigenvalue weighted by molar-refractivity contribution is -0.129. The van der Waals surface area contributed by atoms with E-state index in [2.05, 4.69) is 9.97 Å². The second-order valence-electron chi connectivity index (χ2n) is 6.12. The van der Waals surface area contributed by atoms with E-state index < -0.39 is 11.6 Å². The van der Waals surface area contributed by atoms with Gasteiger partial charge in [0.05, 0.1) is 13.7 Å². The SMILES string of the molecule is COc1cc(N2CCN(C(=O)CN)CC2)nc(SCc2cccc(F)c2F)n1. The highest BCUT2D eigenvalue weighted by atomic mass is 32.2. The Morgan fingerprint density at radius 1 is 1.25 bits per heavy atom. The van der Waals surface area contributed by atoms with Gasteiger partial charge >= 0.3 is 0 Å². The molecule has 0 saturated carbocycles. The monoisotopic (exact) mass is 409 g/mol. The highest BCUT2D eigenvalue weighted by Gasteiger charge is 2.22. The summed E-state index contributed by atoms with van der Waals surface area (Å²) in [4.78, 5) is 24.2. The first-order valence-electron chi connectivity index (χ1n) is 8.73. The van der Waals surface area contributed by atoms with Crippen molar-refractivity contribution in [2.24, 2.45) is 5.73 Å². The first-order valence-corrected chi connectivity index (χ1v) is 9.72. The molecule has 0 unspecified atom stereocenters. The number of piperazine rings is 1. The van der Waals surface area contributed by atoms with Crippen LogP contribution in [0.1, 0.15) is 5.56 Å². The van der Waals surface area contributed by atoms with Crippen LogP contribution < -0.4 is 15.4 Å². The highest BCUT2D eigenvalue weighted by molar-refractivity contribution is 7.98. The summed E-state index contributed by atoms with van der Waals surface area (Å²) in [7, 11) is 1.50. The summed E-state index contributed by atoms with van der Waals surface area (Å²) in [6.45, 7) is 2.32. The molecular weight excluding hydrogens is 388 g/mol. The molecule has 150 valence electrons. The molecule has 1 aliphatic rings. The number of benzene rings is 1. The minimum absolute atomic E-state index is 0.00123. The van der Waals surface area contributed by atoms with Gasteiger partial charge in [-0.3, -0.25) is 4.79 Å². The molecule has 1 aromatic heterocycles. The Bertz CT molecular complexity index is 847. The van der Waals surface area contributed by atoms with Crippen molar-refractivity contribution in [1.82, 2.24) is 14.9 Å². The third-order valence-electron chi connectivity index (χ3n) is 4.40. The van der Waals surface area contributed by atoms with Crippen molar-refractivity contribution < 1.29 is 18.3 Å². The Kier molecular flexibility index (Phi) is 6.63. The number of nitrogens with two attached hydrogens (primary N) is 1. The number of halogens is 2. The molecule has 1 amide bonds. The molecule has 28 heavy (non-hydrogen) atoms. The van der Waals surface area contributed by atoms with Gasteiger partial charge in [0, 0.05) is 43.6 Å². The third kappa shape index (κ3) is 4.68. The number of hydrogen-bond acceptors (Lipinski definition) is 7. The number of thioether (sulfide) groups is 1. The third-order valence-corrected chi connectivity index (χ3v) is 5.29. The van der Waals surface area contributed by atoms with Crippen LogP contribution in [0.3, 0.4) is 0 Å². The number of ether oxygens (including phenoxy) is 1. The zero-order chi connectivity index (χ0) is 20.1. The van der Waals surface area contributed by atoms with Crippen LogP contribution in [0.2, 0.25) is 0 Å². The van der Waals surface area contributed by atoms with Gasteiger partial charge < -0.3 is 20.3 Å². The summed E-state index contributed by atoms with van der Waals surface area (Å²) in [5.41, 5.74) is 5.66. The molecule has 2 N–H and O–H groups in total. The van der Waals surface area contributed by atoms with Crippen LogP contribution in [0.4, 0.5) is 14.6 Å². The molecule has 0 radical (unpaired) electrons. The van der Waals surface area contributed by atoms with Crippen molar-refractivity contribution in [2.45, 2.75) is 10.9 Å². The molecule has 2 aromatic rings. The number of rotatable bonds is 6. The van der Waals surface area contributed by atoms with E-state index in [4.69, 9.17) is 10.5 Å². The maximum atomic E-state index is 13.8. The van der Waals surface area contributed by atoms with E-state index in [1.807, 2.05) is 4.90 Å². The van der Waals surface area contributed by atoms with Crippen LogP contribution in [-0.4, -0.2) is 60.6 Å².